The van der Waals surface area contributed by atoms with E-state index in [4.69, 9.17) is 10.00 Å². The molecule has 1 aliphatic rings. The van der Waals surface area contributed by atoms with Crippen molar-refractivity contribution in [1.82, 2.24) is 0 Å². The van der Waals surface area contributed by atoms with Crippen molar-refractivity contribution in [3.05, 3.63) is 23.8 Å². The maximum Gasteiger partial charge on any atom is 0.235 e. The topological polar surface area (TPSA) is 33.0 Å². The highest BCUT2D eigenvalue weighted by molar-refractivity contribution is 8.00. The number of thioether (sulfide) groups is 1. The standard InChI is InChI=1S/C9H7NOS/c1-6-2-3-7-8(4-6)12-9(5-10)11-7/h2-4,9H,1H3. The van der Waals surface area contributed by atoms with Gasteiger partial charge in [-0.3, -0.25) is 0 Å². The van der Waals surface area contributed by atoms with Gasteiger partial charge in [0.15, 0.2) is 0 Å². The monoisotopic (exact) mass is 177 g/mol. The first-order chi connectivity index (χ1) is 5.79. The Labute approximate surface area is 75.1 Å². The van der Waals surface area contributed by atoms with E-state index >= 15 is 0 Å². The van der Waals surface area contributed by atoms with Crippen molar-refractivity contribution >= 4 is 11.8 Å². The van der Waals surface area contributed by atoms with Gasteiger partial charge in [-0.25, -0.2) is 0 Å². The minimum absolute atomic E-state index is 0.359. The van der Waals surface area contributed by atoms with Crippen molar-refractivity contribution in [3.8, 4) is 11.8 Å². The van der Waals surface area contributed by atoms with E-state index in [9.17, 15) is 0 Å². The molecule has 0 aromatic heterocycles. The van der Waals surface area contributed by atoms with Crippen molar-refractivity contribution in [3.63, 3.8) is 0 Å². The maximum absolute atomic E-state index is 8.61. The largest absolute Gasteiger partial charge is 0.464 e. The smallest absolute Gasteiger partial charge is 0.235 e. The lowest BCUT2D eigenvalue weighted by molar-refractivity contribution is 0.344. The van der Waals surface area contributed by atoms with Crippen molar-refractivity contribution in [1.29, 1.82) is 5.26 Å². The fourth-order valence-corrected chi connectivity index (χ4v) is 2.03. The summed E-state index contributed by atoms with van der Waals surface area (Å²) < 4.78 is 5.31. The van der Waals surface area contributed by atoms with Crippen molar-refractivity contribution in [2.45, 2.75) is 17.3 Å². The Morgan fingerprint density at radius 2 is 2.42 bits per heavy atom. The van der Waals surface area contributed by atoms with E-state index in [0.717, 1.165) is 10.6 Å². The van der Waals surface area contributed by atoms with Gasteiger partial charge in [0, 0.05) is 0 Å². The van der Waals surface area contributed by atoms with E-state index in [1.165, 1.54) is 17.3 Å². The zero-order valence-corrected chi connectivity index (χ0v) is 7.39. The molecule has 1 unspecified atom stereocenters. The van der Waals surface area contributed by atoms with Crippen LogP contribution in [0.1, 0.15) is 5.56 Å². The first kappa shape index (κ1) is 7.51. The van der Waals surface area contributed by atoms with Crippen LogP contribution in [-0.2, 0) is 0 Å². The number of nitriles is 1. The van der Waals surface area contributed by atoms with Gasteiger partial charge in [0.1, 0.15) is 11.8 Å². The molecule has 12 heavy (non-hydrogen) atoms. The van der Waals surface area contributed by atoms with Gasteiger partial charge >= 0.3 is 0 Å². The molecule has 1 aromatic rings. The predicted octanol–water partition coefficient (Wildman–Crippen LogP) is 2.33. The number of fused-ring (bicyclic) bond motifs is 1. The lowest BCUT2D eigenvalue weighted by Gasteiger charge is -1.97. The second-order valence-corrected chi connectivity index (χ2v) is 3.75. The van der Waals surface area contributed by atoms with Gasteiger partial charge in [-0.05, 0) is 24.6 Å². The minimum Gasteiger partial charge on any atom is -0.464 e. The van der Waals surface area contributed by atoms with Crippen LogP contribution in [0.2, 0.25) is 0 Å². The molecular weight excluding hydrogens is 170 g/mol. The second-order valence-electron chi connectivity index (χ2n) is 2.65. The average Bonchev–Trinajstić information content (AvgIpc) is 2.46. The van der Waals surface area contributed by atoms with Gasteiger partial charge < -0.3 is 4.74 Å². The zero-order valence-electron chi connectivity index (χ0n) is 6.57. The van der Waals surface area contributed by atoms with Gasteiger partial charge in [-0.1, -0.05) is 17.8 Å². The molecule has 3 heteroatoms. The van der Waals surface area contributed by atoms with E-state index in [2.05, 4.69) is 6.07 Å². The summed E-state index contributed by atoms with van der Waals surface area (Å²) in [5.41, 5.74) is 0.838. The highest BCUT2D eigenvalue weighted by Crippen LogP contribution is 2.40. The molecule has 0 fully saturated rings. The highest BCUT2D eigenvalue weighted by Gasteiger charge is 2.22. The molecule has 1 aromatic carbocycles. The fourth-order valence-electron chi connectivity index (χ4n) is 1.11. The molecule has 0 aliphatic carbocycles. The minimum atomic E-state index is -0.359. The first-order valence-electron chi connectivity index (χ1n) is 3.63. The van der Waals surface area contributed by atoms with E-state index in [1.54, 1.807) is 0 Å². The molecular formula is C9H7NOS. The number of rotatable bonds is 0. The van der Waals surface area contributed by atoms with Gasteiger partial charge in [-0.15, -0.1) is 0 Å². The van der Waals surface area contributed by atoms with E-state index in [1.807, 2.05) is 25.1 Å². The molecule has 2 nitrogen and oxygen atoms in total. The lowest BCUT2D eigenvalue weighted by atomic mass is 10.2. The summed E-state index contributed by atoms with van der Waals surface area (Å²) in [5.74, 6) is 0.831. The quantitative estimate of drug-likeness (QED) is 0.609. The molecule has 0 spiro atoms. The summed E-state index contributed by atoms with van der Waals surface area (Å²) >= 11 is 1.47. The first-order valence-corrected chi connectivity index (χ1v) is 4.51. The molecule has 0 N–H and O–H groups in total. The molecule has 1 heterocycles. The molecule has 0 radical (unpaired) electrons. The summed E-state index contributed by atoms with van der Waals surface area (Å²) in [7, 11) is 0. The van der Waals surface area contributed by atoms with Gasteiger partial charge in [-0.2, -0.15) is 5.26 Å². The molecule has 0 bridgehead atoms. The highest BCUT2D eigenvalue weighted by atomic mass is 32.2. The Balaban J connectivity index is 2.37. The van der Waals surface area contributed by atoms with Gasteiger partial charge in [0.2, 0.25) is 5.44 Å². The summed E-state index contributed by atoms with van der Waals surface area (Å²) in [6.07, 6.45) is 0. The Morgan fingerprint density at radius 3 is 3.17 bits per heavy atom. The molecule has 1 atom stereocenters. The molecule has 2 rings (SSSR count). The van der Waals surface area contributed by atoms with Crippen LogP contribution < -0.4 is 4.74 Å². The number of nitrogens with zero attached hydrogens (tertiary/aromatic N) is 1. The van der Waals surface area contributed by atoms with Crippen molar-refractivity contribution < 1.29 is 4.74 Å². The summed E-state index contributed by atoms with van der Waals surface area (Å²) in [6, 6.07) is 8.01. The van der Waals surface area contributed by atoms with E-state index in [-0.39, 0.29) is 5.44 Å². The van der Waals surface area contributed by atoms with Crippen LogP contribution in [0.5, 0.6) is 5.75 Å². The number of aryl methyl sites for hydroxylation is 1. The van der Waals surface area contributed by atoms with E-state index in [0.29, 0.717) is 0 Å². The Morgan fingerprint density at radius 1 is 1.58 bits per heavy atom. The van der Waals surface area contributed by atoms with Gasteiger partial charge in [0.05, 0.1) is 4.90 Å². The molecule has 0 saturated carbocycles. The normalized spacial score (nSPS) is 19.5. The number of hydrogen-bond acceptors (Lipinski definition) is 3. The van der Waals surface area contributed by atoms with Crippen molar-refractivity contribution in [2.24, 2.45) is 0 Å². The Hall–Kier alpha value is -1.14. The number of ether oxygens (including phenoxy) is 1. The second kappa shape index (κ2) is 2.72. The molecule has 1 aliphatic heterocycles. The lowest BCUT2D eigenvalue weighted by Crippen LogP contribution is -2.01. The molecule has 60 valence electrons. The average molecular weight is 177 g/mol. The molecule has 0 saturated heterocycles. The van der Waals surface area contributed by atoms with Gasteiger partial charge in [0.25, 0.3) is 0 Å². The Kier molecular flexibility index (Phi) is 1.70. The summed E-state index contributed by atoms with van der Waals surface area (Å²) in [5, 5.41) is 8.61. The Bertz CT molecular complexity index is 356. The van der Waals surface area contributed by atoms with Crippen LogP contribution in [0, 0.1) is 18.3 Å². The maximum atomic E-state index is 8.61. The fraction of sp³-hybridized carbons (Fsp3) is 0.222. The third-order valence-corrected chi connectivity index (χ3v) is 2.66. The van der Waals surface area contributed by atoms with Crippen LogP contribution in [-0.4, -0.2) is 5.44 Å². The summed E-state index contributed by atoms with van der Waals surface area (Å²) in [4.78, 5) is 1.07. The van der Waals surface area contributed by atoms with Crippen LogP contribution >= 0.6 is 11.8 Å². The van der Waals surface area contributed by atoms with Crippen molar-refractivity contribution in [2.75, 3.05) is 0 Å². The third-order valence-electron chi connectivity index (χ3n) is 1.67. The number of benzene rings is 1. The third kappa shape index (κ3) is 1.15. The number of hydrogen-bond donors (Lipinski definition) is 0. The summed E-state index contributed by atoms with van der Waals surface area (Å²) in [6.45, 7) is 2.03. The van der Waals surface area contributed by atoms with Crippen LogP contribution in [0.3, 0.4) is 0 Å². The molecule has 0 amide bonds. The predicted molar refractivity (Wildman–Crippen MR) is 47.1 cm³/mol. The van der Waals surface area contributed by atoms with Crippen LogP contribution in [0.4, 0.5) is 0 Å². The van der Waals surface area contributed by atoms with Crippen LogP contribution in [0.25, 0.3) is 0 Å². The van der Waals surface area contributed by atoms with E-state index < -0.39 is 0 Å². The van der Waals surface area contributed by atoms with Crippen LogP contribution in [0.15, 0.2) is 23.1 Å². The SMILES string of the molecule is Cc1ccc2c(c1)SC(C#N)O2. The zero-order chi connectivity index (χ0) is 8.55.